The van der Waals surface area contributed by atoms with E-state index in [4.69, 9.17) is 9.94 Å². The van der Waals surface area contributed by atoms with Gasteiger partial charge in [0.15, 0.2) is 11.5 Å². The molecule has 21 heavy (non-hydrogen) atoms. The molecule has 0 saturated carbocycles. The van der Waals surface area contributed by atoms with Gasteiger partial charge in [-0.25, -0.2) is 0 Å². The van der Waals surface area contributed by atoms with Gasteiger partial charge >= 0.3 is 0 Å². The fourth-order valence-corrected chi connectivity index (χ4v) is 2.22. The van der Waals surface area contributed by atoms with Crippen LogP contribution < -0.4 is 4.74 Å². The van der Waals surface area contributed by atoms with E-state index in [0.717, 1.165) is 16.9 Å². The number of hydrogen-bond acceptors (Lipinski definition) is 5. The molecule has 0 spiro atoms. The van der Waals surface area contributed by atoms with Gasteiger partial charge in [0.25, 0.3) is 0 Å². The monoisotopic (exact) mass is 287 g/mol. The van der Waals surface area contributed by atoms with Crippen LogP contribution in [0.15, 0.2) is 47.6 Å². The van der Waals surface area contributed by atoms with E-state index in [-0.39, 0.29) is 17.4 Å². The lowest BCUT2D eigenvalue weighted by Gasteiger charge is -2.15. The van der Waals surface area contributed by atoms with E-state index in [9.17, 15) is 10.2 Å². The summed E-state index contributed by atoms with van der Waals surface area (Å²) in [6.07, 6.45) is 1.93. The Morgan fingerprint density at radius 3 is 2.57 bits per heavy atom. The number of hydrogen-bond donors (Lipinski definition) is 3. The highest BCUT2D eigenvalue weighted by Gasteiger charge is 2.15. The average molecular weight is 287 g/mol. The zero-order valence-corrected chi connectivity index (χ0v) is 11.6. The second-order valence-corrected chi connectivity index (χ2v) is 4.64. The number of nitrogens with zero attached hydrogens (tertiary/aromatic N) is 1. The SMILES string of the molecule is COc1ccccc1CC(C=NO)c1ccc(O)c(O)c1. The van der Waals surface area contributed by atoms with Crippen molar-refractivity contribution in [2.45, 2.75) is 12.3 Å². The van der Waals surface area contributed by atoms with E-state index >= 15 is 0 Å². The molecule has 0 aliphatic carbocycles. The summed E-state index contributed by atoms with van der Waals surface area (Å²) >= 11 is 0. The minimum Gasteiger partial charge on any atom is -0.504 e. The molecule has 0 aromatic heterocycles. The number of aromatic hydroxyl groups is 2. The standard InChI is InChI=1S/C16H17NO4/c1-21-16-5-3-2-4-12(16)8-13(10-17-20)11-6-7-14(18)15(19)9-11/h2-7,9-10,13,18-20H,8H2,1H3. The maximum atomic E-state index is 9.60. The highest BCUT2D eigenvalue weighted by atomic mass is 16.5. The second-order valence-electron chi connectivity index (χ2n) is 4.64. The van der Waals surface area contributed by atoms with Crippen LogP contribution >= 0.6 is 0 Å². The number of para-hydroxylation sites is 1. The molecular formula is C16H17NO4. The summed E-state index contributed by atoms with van der Waals surface area (Å²) < 4.78 is 5.31. The summed E-state index contributed by atoms with van der Waals surface area (Å²) in [4.78, 5) is 0. The third kappa shape index (κ3) is 3.45. The van der Waals surface area contributed by atoms with E-state index < -0.39 is 0 Å². The molecule has 3 N–H and O–H groups in total. The Hall–Kier alpha value is -2.69. The summed E-state index contributed by atoms with van der Waals surface area (Å²) in [5.41, 5.74) is 1.69. The number of phenolic OH excluding ortho intramolecular Hbond substituents is 2. The van der Waals surface area contributed by atoms with E-state index in [2.05, 4.69) is 5.16 Å². The third-order valence-electron chi connectivity index (χ3n) is 3.31. The van der Waals surface area contributed by atoms with Crippen LogP contribution in [-0.2, 0) is 6.42 Å². The maximum Gasteiger partial charge on any atom is 0.157 e. The largest absolute Gasteiger partial charge is 0.504 e. The Bertz CT molecular complexity index is 640. The van der Waals surface area contributed by atoms with Crippen LogP contribution in [0.5, 0.6) is 17.2 Å². The Balaban J connectivity index is 2.33. The van der Waals surface area contributed by atoms with Crippen LogP contribution in [0.25, 0.3) is 0 Å². The Kier molecular flexibility index (Phi) is 4.66. The molecule has 0 amide bonds. The minimum atomic E-state index is -0.252. The van der Waals surface area contributed by atoms with Crippen molar-refractivity contribution in [2.75, 3.05) is 7.11 Å². The maximum absolute atomic E-state index is 9.60. The van der Waals surface area contributed by atoms with Crippen LogP contribution in [0.2, 0.25) is 0 Å². The van der Waals surface area contributed by atoms with Crippen molar-refractivity contribution in [1.82, 2.24) is 0 Å². The molecule has 0 aliphatic rings. The highest BCUT2D eigenvalue weighted by molar-refractivity contribution is 5.69. The molecule has 1 unspecified atom stereocenters. The molecule has 1 atom stereocenters. The minimum absolute atomic E-state index is 0.185. The molecule has 110 valence electrons. The lowest BCUT2D eigenvalue weighted by atomic mass is 9.92. The van der Waals surface area contributed by atoms with Crippen LogP contribution in [-0.4, -0.2) is 28.7 Å². The molecule has 5 nitrogen and oxygen atoms in total. The van der Waals surface area contributed by atoms with Crippen molar-refractivity contribution in [3.63, 3.8) is 0 Å². The number of ether oxygens (including phenoxy) is 1. The number of benzene rings is 2. The quantitative estimate of drug-likeness (QED) is 0.342. The molecule has 0 heterocycles. The first kappa shape index (κ1) is 14.7. The summed E-state index contributed by atoms with van der Waals surface area (Å²) in [6.45, 7) is 0. The molecule has 2 aromatic carbocycles. The zero-order chi connectivity index (χ0) is 15.2. The molecule has 0 fully saturated rings. The molecule has 0 bridgehead atoms. The van der Waals surface area contributed by atoms with Crippen molar-refractivity contribution < 1.29 is 20.2 Å². The Labute approximate surface area is 122 Å². The summed E-state index contributed by atoms with van der Waals surface area (Å²) in [5, 5.41) is 30.9. The molecule has 0 aliphatic heterocycles. The van der Waals surface area contributed by atoms with Crippen molar-refractivity contribution >= 4 is 6.21 Å². The fourth-order valence-electron chi connectivity index (χ4n) is 2.22. The van der Waals surface area contributed by atoms with Gasteiger partial charge in [-0.1, -0.05) is 24.3 Å². The van der Waals surface area contributed by atoms with Gasteiger partial charge in [-0.15, -0.1) is 5.16 Å². The van der Waals surface area contributed by atoms with Gasteiger partial charge in [-0.2, -0.15) is 0 Å². The van der Waals surface area contributed by atoms with Gasteiger partial charge in [0.2, 0.25) is 0 Å². The van der Waals surface area contributed by atoms with Gasteiger partial charge in [-0.05, 0) is 35.7 Å². The Morgan fingerprint density at radius 2 is 1.90 bits per heavy atom. The lowest BCUT2D eigenvalue weighted by molar-refractivity contribution is 0.319. The Morgan fingerprint density at radius 1 is 1.14 bits per heavy atom. The molecular weight excluding hydrogens is 270 g/mol. The van der Waals surface area contributed by atoms with Crippen molar-refractivity contribution in [3.8, 4) is 17.2 Å². The third-order valence-corrected chi connectivity index (χ3v) is 3.31. The fraction of sp³-hybridized carbons (Fsp3) is 0.188. The lowest BCUT2D eigenvalue weighted by Crippen LogP contribution is -2.06. The summed E-state index contributed by atoms with van der Waals surface area (Å²) in [6, 6.07) is 12.1. The molecule has 2 rings (SSSR count). The van der Waals surface area contributed by atoms with Crippen molar-refractivity contribution in [1.29, 1.82) is 0 Å². The first-order valence-electron chi connectivity index (χ1n) is 6.47. The highest BCUT2D eigenvalue weighted by Crippen LogP contribution is 2.31. The van der Waals surface area contributed by atoms with Gasteiger partial charge in [-0.3, -0.25) is 0 Å². The van der Waals surface area contributed by atoms with Crippen LogP contribution in [0, 0.1) is 0 Å². The molecule has 0 radical (unpaired) electrons. The summed E-state index contributed by atoms with van der Waals surface area (Å²) in [5.74, 6) is 0.106. The van der Waals surface area contributed by atoms with E-state index in [1.54, 1.807) is 13.2 Å². The van der Waals surface area contributed by atoms with Crippen molar-refractivity contribution in [3.05, 3.63) is 53.6 Å². The van der Waals surface area contributed by atoms with Crippen molar-refractivity contribution in [2.24, 2.45) is 5.16 Å². The smallest absolute Gasteiger partial charge is 0.157 e. The molecule has 2 aromatic rings. The van der Waals surface area contributed by atoms with E-state index in [1.807, 2.05) is 24.3 Å². The van der Waals surface area contributed by atoms with Crippen LogP contribution in [0.3, 0.4) is 0 Å². The van der Waals surface area contributed by atoms with Gasteiger partial charge < -0.3 is 20.2 Å². The van der Waals surface area contributed by atoms with Gasteiger partial charge in [0, 0.05) is 5.92 Å². The second kappa shape index (κ2) is 6.65. The topological polar surface area (TPSA) is 82.3 Å². The van der Waals surface area contributed by atoms with E-state index in [1.165, 1.54) is 18.3 Å². The summed E-state index contributed by atoms with van der Waals surface area (Å²) in [7, 11) is 1.60. The van der Waals surface area contributed by atoms with Crippen LogP contribution in [0.4, 0.5) is 0 Å². The number of rotatable bonds is 5. The number of oxime groups is 1. The number of methoxy groups -OCH3 is 1. The van der Waals surface area contributed by atoms with Crippen LogP contribution in [0.1, 0.15) is 17.0 Å². The zero-order valence-electron chi connectivity index (χ0n) is 11.6. The number of phenols is 2. The average Bonchev–Trinajstić information content (AvgIpc) is 2.50. The first-order valence-corrected chi connectivity index (χ1v) is 6.47. The van der Waals surface area contributed by atoms with Gasteiger partial charge in [0.1, 0.15) is 5.75 Å². The van der Waals surface area contributed by atoms with Gasteiger partial charge in [0.05, 0.1) is 13.3 Å². The normalized spacial score (nSPS) is 12.4. The predicted molar refractivity (Wildman–Crippen MR) is 79.5 cm³/mol. The predicted octanol–water partition coefficient (Wildman–Crippen LogP) is 2.89. The first-order chi connectivity index (χ1) is 10.2. The van der Waals surface area contributed by atoms with E-state index in [0.29, 0.717) is 6.42 Å². The molecule has 5 heteroatoms. The molecule has 0 saturated heterocycles.